The van der Waals surface area contributed by atoms with E-state index in [1.165, 1.54) is 0 Å². The lowest BCUT2D eigenvalue weighted by molar-refractivity contribution is -0.0513. The van der Waals surface area contributed by atoms with Crippen molar-refractivity contribution in [2.75, 3.05) is 13.3 Å². The molecule has 0 aliphatic heterocycles. The van der Waals surface area contributed by atoms with Crippen molar-refractivity contribution in [2.45, 2.75) is 25.9 Å². The molecule has 1 nitrogen and oxygen atoms in total. The summed E-state index contributed by atoms with van der Waals surface area (Å²) in [6, 6.07) is 0. The Balaban J connectivity index is 4.02. The zero-order chi connectivity index (χ0) is 8.20. The van der Waals surface area contributed by atoms with Gasteiger partial charge in [0.15, 0.2) is 0 Å². The molecule has 0 saturated heterocycles. The van der Waals surface area contributed by atoms with Crippen LogP contribution in [0.1, 0.15) is 20.3 Å². The van der Waals surface area contributed by atoms with E-state index in [1.54, 1.807) is 13.8 Å². The van der Waals surface area contributed by atoms with Crippen LogP contribution in [0.5, 0.6) is 0 Å². The lowest BCUT2D eigenvalue weighted by Crippen LogP contribution is -2.40. The van der Waals surface area contributed by atoms with Crippen molar-refractivity contribution in [1.29, 1.82) is 0 Å². The molecule has 62 valence electrons. The van der Waals surface area contributed by atoms with Gasteiger partial charge < -0.3 is 5.11 Å². The van der Waals surface area contributed by atoms with Gasteiger partial charge in [0.2, 0.25) is 0 Å². The van der Waals surface area contributed by atoms with Gasteiger partial charge in [-0.1, -0.05) is 20.3 Å². The Kier molecular flexibility index (Phi) is 3.79. The number of rotatable bonds is 4. The fourth-order valence-electron chi connectivity index (χ4n) is 0.679. The van der Waals surface area contributed by atoms with Gasteiger partial charge in [0.1, 0.15) is 19.0 Å². The zero-order valence-corrected chi connectivity index (χ0v) is 6.40. The summed E-state index contributed by atoms with van der Waals surface area (Å²) in [7, 11) is 0. The molecular weight excluding hydrogens is 138 g/mol. The highest BCUT2D eigenvalue weighted by Crippen LogP contribution is 2.21. The first-order valence-corrected chi connectivity index (χ1v) is 3.45. The van der Waals surface area contributed by atoms with E-state index in [0.717, 1.165) is 0 Å². The third-order valence-electron chi connectivity index (χ3n) is 1.99. The van der Waals surface area contributed by atoms with Crippen LogP contribution in [0.3, 0.4) is 0 Å². The van der Waals surface area contributed by atoms with Gasteiger partial charge in [-0.25, -0.2) is 8.78 Å². The molecule has 0 aromatic rings. The number of alkyl halides is 2. The third-order valence-corrected chi connectivity index (χ3v) is 1.99. The minimum atomic E-state index is -1.74. The number of halogens is 2. The largest absolute Gasteiger partial charge is 0.384 e. The molecular formula is C7H14F2O. The molecule has 0 heterocycles. The summed E-state index contributed by atoms with van der Waals surface area (Å²) in [6.07, 6.45) is 0.588. The highest BCUT2D eigenvalue weighted by atomic mass is 19.1. The molecule has 0 fully saturated rings. The molecule has 0 spiro atoms. The van der Waals surface area contributed by atoms with Gasteiger partial charge in [-0.2, -0.15) is 0 Å². The predicted octanol–water partition coefficient (Wildman–Crippen LogP) is 1.70. The van der Waals surface area contributed by atoms with E-state index in [2.05, 4.69) is 0 Å². The van der Waals surface area contributed by atoms with E-state index in [0.29, 0.717) is 6.42 Å². The average Bonchev–Trinajstić information content (AvgIpc) is 2.01. The van der Waals surface area contributed by atoms with Crippen LogP contribution >= 0.6 is 0 Å². The topological polar surface area (TPSA) is 20.2 Å². The Bertz CT molecular complexity index is 91.6. The predicted molar refractivity (Wildman–Crippen MR) is 36.4 cm³/mol. The Morgan fingerprint density at radius 1 is 1.40 bits per heavy atom. The van der Waals surface area contributed by atoms with Crippen molar-refractivity contribution in [3.63, 3.8) is 0 Å². The van der Waals surface area contributed by atoms with Crippen LogP contribution in [0.4, 0.5) is 8.78 Å². The third kappa shape index (κ3) is 1.90. The molecule has 1 atom stereocenters. The highest BCUT2D eigenvalue weighted by molar-refractivity contribution is 4.81. The van der Waals surface area contributed by atoms with E-state index in [-0.39, 0.29) is 5.92 Å². The van der Waals surface area contributed by atoms with E-state index >= 15 is 0 Å². The van der Waals surface area contributed by atoms with Crippen LogP contribution in [0.25, 0.3) is 0 Å². The summed E-state index contributed by atoms with van der Waals surface area (Å²) in [5.41, 5.74) is -1.74. The fourth-order valence-corrected chi connectivity index (χ4v) is 0.679. The second kappa shape index (κ2) is 3.86. The van der Waals surface area contributed by atoms with Gasteiger partial charge >= 0.3 is 0 Å². The van der Waals surface area contributed by atoms with Crippen LogP contribution in [0, 0.1) is 5.92 Å². The number of aliphatic hydroxyl groups is 1. The second-order valence-electron chi connectivity index (χ2n) is 2.68. The van der Waals surface area contributed by atoms with Gasteiger partial charge in [0.05, 0.1) is 0 Å². The molecule has 0 bridgehead atoms. The second-order valence-corrected chi connectivity index (χ2v) is 2.68. The molecule has 0 saturated carbocycles. The van der Waals surface area contributed by atoms with Crippen molar-refractivity contribution in [3.05, 3.63) is 0 Å². The maximum Gasteiger partial charge on any atom is 0.124 e. The van der Waals surface area contributed by atoms with Crippen LogP contribution < -0.4 is 0 Å². The van der Waals surface area contributed by atoms with Crippen molar-refractivity contribution in [3.8, 4) is 0 Å². The van der Waals surface area contributed by atoms with E-state index in [4.69, 9.17) is 5.11 Å². The molecule has 0 rings (SSSR count). The molecule has 0 amide bonds. The Hall–Kier alpha value is -0.180. The summed E-state index contributed by atoms with van der Waals surface area (Å²) < 4.78 is 24.0. The van der Waals surface area contributed by atoms with Gasteiger partial charge in [0.25, 0.3) is 0 Å². The van der Waals surface area contributed by atoms with Crippen LogP contribution in [-0.4, -0.2) is 24.1 Å². The fraction of sp³-hybridized carbons (Fsp3) is 1.00. The summed E-state index contributed by atoms with van der Waals surface area (Å²) in [5.74, 6) is -0.317. The molecule has 1 N–H and O–H groups in total. The quantitative estimate of drug-likeness (QED) is 0.650. The van der Waals surface area contributed by atoms with Crippen molar-refractivity contribution in [2.24, 2.45) is 5.92 Å². The molecule has 3 heteroatoms. The maximum atomic E-state index is 12.0. The van der Waals surface area contributed by atoms with Gasteiger partial charge in [-0.3, -0.25) is 0 Å². The molecule has 0 aliphatic carbocycles. The average molecular weight is 152 g/mol. The lowest BCUT2D eigenvalue weighted by atomic mass is 9.89. The van der Waals surface area contributed by atoms with Gasteiger partial charge in [-0.05, 0) is 5.92 Å². The van der Waals surface area contributed by atoms with Crippen molar-refractivity contribution in [1.82, 2.24) is 0 Å². The van der Waals surface area contributed by atoms with Crippen molar-refractivity contribution >= 4 is 0 Å². The first kappa shape index (κ1) is 9.82. The Morgan fingerprint density at radius 2 is 1.80 bits per heavy atom. The molecule has 1 unspecified atom stereocenters. The Morgan fingerprint density at radius 3 is 1.90 bits per heavy atom. The monoisotopic (exact) mass is 152 g/mol. The lowest BCUT2D eigenvalue weighted by Gasteiger charge is -2.27. The molecule has 0 aromatic carbocycles. The first-order chi connectivity index (χ1) is 4.60. The standard InChI is InChI=1S/C7H14F2O/c1-3-6(2)7(10,4-8)5-9/h6,10H,3-5H2,1-2H3. The van der Waals surface area contributed by atoms with Crippen LogP contribution in [-0.2, 0) is 0 Å². The molecule has 0 aromatic heterocycles. The normalized spacial score (nSPS) is 15.3. The van der Waals surface area contributed by atoms with Crippen LogP contribution in [0.15, 0.2) is 0 Å². The molecule has 10 heavy (non-hydrogen) atoms. The summed E-state index contributed by atoms with van der Waals surface area (Å²) in [5, 5.41) is 9.15. The maximum absolute atomic E-state index is 12.0. The summed E-state index contributed by atoms with van der Waals surface area (Å²) in [6.45, 7) is 1.43. The highest BCUT2D eigenvalue weighted by Gasteiger charge is 2.32. The molecule has 0 aliphatic rings. The van der Waals surface area contributed by atoms with E-state index in [9.17, 15) is 8.78 Å². The Labute approximate surface area is 60.1 Å². The number of hydrogen-bond acceptors (Lipinski definition) is 1. The molecule has 0 radical (unpaired) electrons. The number of hydrogen-bond donors (Lipinski definition) is 1. The first-order valence-electron chi connectivity index (χ1n) is 3.45. The zero-order valence-electron chi connectivity index (χ0n) is 6.40. The minimum Gasteiger partial charge on any atom is -0.384 e. The van der Waals surface area contributed by atoms with Gasteiger partial charge in [-0.15, -0.1) is 0 Å². The van der Waals surface area contributed by atoms with E-state index < -0.39 is 19.0 Å². The van der Waals surface area contributed by atoms with Crippen molar-refractivity contribution < 1.29 is 13.9 Å². The van der Waals surface area contributed by atoms with E-state index in [1.807, 2.05) is 0 Å². The summed E-state index contributed by atoms with van der Waals surface area (Å²) in [4.78, 5) is 0. The smallest absolute Gasteiger partial charge is 0.124 e. The van der Waals surface area contributed by atoms with Gasteiger partial charge in [0, 0.05) is 0 Å². The van der Waals surface area contributed by atoms with Crippen LogP contribution in [0.2, 0.25) is 0 Å². The SMILES string of the molecule is CCC(C)C(O)(CF)CF. The minimum absolute atomic E-state index is 0.317. The summed E-state index contributed by atoms with van der Waals surface area (Å²) >= 11 is 0.